The van der Waals surface area contributed by atoms with Crippen molar-refractivity contribution in [1.29, 1.82) is 0 Å². The van der Waals surface area contributed by atoms with Crippen LogP contribution in [0.2, 0.25) is 0 Å². The molecule has 0 saturated heterocycles. The van der Waals surface area contributed by atoms with Crippen molar-refractivity contribution in [2.75, 3.05) is 6.79 Å². The van der Waals surface area contributed by atoms with Crippen molar-refractivity contribution in [1.82, 2.24) is 0 Å². The van der Waals surface area contributed by atoms with Gasteiger partial charge in [-0.3, -0.25) is 0 Å². The highest BCUT2D eigenvalue weighted by Gasteiger charge is 2.23. The summed E-state index contributed by atoms with van der Waals surface area (Å²) in [5.41, 5.74) is 11.8. The molecule has 0 unspecified atom stereocenters. The number of rotatable bonds is 8. The third-order valence-electron chi connectivity index (χ3n) is 8.37. The Morgan fingerprint density at radius 2 is 0.617 bits per heavy atom. The Hall–Kier alpha value is -5.74. The fraction of sp³-hybridized carbons (Fsp3) is 0.116. The minimum atomic E-state index is -0.574. The first-order valence-corrected chi connectivity index (χ1v) is 15.7. The highest BCUT2D eigenvalue weighted by molar-refractivity contribution is 6.05. The van der Waals surface area contributed by atoms with Crippen LogP contribution in [-0.4, -0.2) is 18.7 Å². The van der Waals surface area contributed by atoms with Gasteiger partial charge in [-0.25, -0.2) is 9.59 Å². The molecular formula is C43H36O4. The second-order valence-corrected chi connectivity index (χ2v) is 11.9. The lowest BCUT2D eigenvalue weighted by Gasteiger charge is -2.17. The van der Waals surface area contributed by atoms with Crippen LogP contribution in [0.4, 0.5) is 0 Å². The summed E-state index contributed by atoms with van der Waals surface area (Å²) in [7, 11) is 0. The summed E-state index contributed by atoms with van der Waals surface area (Å²) >= 11 is 0. The van der Waals surface area contributed by atoms with Gasteiger partial charge < -0.3 is 9.47 Å². The molecule has 0 aliphatic carbocycles. The van der Waals surface area contributed by atoms with Crippen molar-refractivity contribution in [2.45, 2.75) is 27.7 Å². The largest absolute Gasteiger partial charge is 0.424 e. The number of benzene rings is 6. The fourth-order valence-electron chi connectivity index (χ4n) is 5.72. The number of hydrogen-bond acceptors (Lipinski definition) is 4. The quantitative estimate of drug-likeness (QED) is 0.126. The summed E-state index contributed by atoms with van der Waals surface area (Å²) in [6.45, 7) is 7.56. The van der Waals surface area contributed by atoms with Crippen LogP contribution in [-0.2, 0) is 9.47 Å². The highest BCUT2D eigenvalue weighted by Crippen LogP contribution is 2.35. The second kappa shape index (κ2) is 13.7. The van der Waals surface area contributed by atoms with Crippen LogP contribution in [0.25, 0.3) is 44.5 Å². The molecule has 0 N–H and O–H groups in total. The Labute approximate surface area is 276 Å². The predicted octanol–water partition coefficient (Wildman–Crippen LogP) is 10.6. The zero-order valence-corrected chi connectivity index (χ0v) is 27.0. The molecule has 0 amide bonds. The zero-order valence-electron chi connectivity index (χ0n) is 27.0. The Morgan fingerprint density at radius 1 is 0.383 bits per heavy atom. The summed E-state index contributed by atoms with van der Waals surface area (Å²) in [6, 6.07) is 43.6. The van der Waals surface area contributed by atoms with Gasteiger partial charge in [-0.05, 0) is 72.2 Å². The van der Waals surface area contributed by atoms with E-state index in [1.54, 1.807) is 0 Å². The van der Waals surface area contributed by atoms with E-state index < -0.39 is 18.7 Å². The van der Waals surface area contributed by atoms with Crippen LogP contribution in [0.1, 0.15) is 43.0 Å². The van der Waals surface area contributed by atoms with E-state index >= 15 is 0 Å². The second-order valence-electron chi connectivity index (χ2n) is 11.9. The van der Waals surface area contributed by atoms with Crippen molar-refractivity contribution in [3.8, 4) is 44.5 Å². The lowest BCUT2D eigenvalue weighted by Crippen LogP contribution is -2.16. The smallest absolute Gasteiger partial charge is 0.342 e. The molecule has 0 spiro atoms. The van der Waals surface area contributed by atoms with Crippen LogP contribution < -0.4 is 0 Å². The molecule has 0 radical (unpaired) electrons. The summed E-state index contributed by atoms with van der Waals surface area (Å²) in [4.78, 5) is 27.8. The summed E-state index contributed by atoms with van der Waals surface area (Å²) in [5, 5.41) is 0. The Kier molecular flexibility index (Phi) is 9.12. The number of esters is 2. The summed E-state index contributed by atoms with van der Waals surface area (Å²) in [6.07, 6.45) is 0. The Bertz CT molecular complexity index is 1760. The Morgan fingerprint density at radius 3 is 0.851 bits per heavy atom. The molecule has 232 valence electrons. The van der Waals surface area contributed by atoms with Crippen molar-refractivity contribution in [2.24, 2.45) is 0 Å². The van der Waals surface area contributed by atoms with Gasteiger partial charge in [0.25, 0.3) is 0 Å². The zero-order chi connectivity index (χ0) is 32.9. The molecule has 0 atom stereocenters. The van der Waals surface area contributed by atoms with Crippen molar-refractivity contribution in [3.05, 3.63) is 167 Å². The van der Waals surface area contributed by atoms with Crippen molar-refractivity contribution in [3.63, 3.8) is 0 Å². The van der Waals surface area contributed by atoms with Gasteiger partial charge in [-0.2, -0.15) is 0 Å². The number of aryl methyl sites for hydroxylation is 4. The summed E-state index contributed by atoms with van der Waals surface area (Å²) in [5.74, 6) is -1.15. The van der Waals surface area contributed by atoms with E-state index in [4.69, 9.17) is 9.47 Å². The van der Waals surface area contributed by atoms with Gasteiger partial charge in [0.15, 0.2) is 0 Å². The molecule has 47 heavy (non-hydrogen) atoms. The minimum Gasteiger partial charge on any atom is -0.424 e. The maximum absolute atomic E-state index is 13.9. The van der Waals surface area contributed by atoms with Gasteiger partial charge in [-0.15, -0.1) is 0 Å². The van der Waals surface area contributed by atoms with Crippen molar-refractivity contribution >= 4 is 11.9 Å². The monoisotopic (exact) mass is 616 g/mol. The molecule has 0 aliphatic rings. The number of carbonyl (C=O) groups is 2. The molecule has 0 bridgehead atoms. The van der Waals surface area contributed by atoms with Crippen molar-refractivity contribution < 1.29 is 19.1 Å². The fourth-order valence-corrected chi connectivity index (χ4v) is 5.72. The van der Waals surface area contributed by atoms with Crippen LogP contribution in [0, 0.1) is 27.7 Å². The minimum absolute atomic E-state index is 0.414. The molecule has 0 fully saturated rings. The van der Waals surface area contributed by atoms with Gasteiger partial charge in [-0.1, -0.05) is 156 Å². The van der Waals surface area contributed by atoms with E-state index in [2.05, 4.69) is 0 Å². The molecular weight excluding hydrogens is 580 g/mol. The Balaban J connectivity index is 1.33. The molecule has 6 rings (SSSR count). The van der Waals surface area contributed by atoms with Crippen LogP contribution in [0.5, 0.6) is 0 Å². The third kappa shape index (κ3) is 6.92. The predicted molar refractivity (Wildman–Crippen MR) is 189 cm³/mol. The molecule has 0 aliphatic heterocycles. The molecule has 0 aromatic heterocycles. The highest BCUT2D eigenvalue weighted by atomic mass is 16.7. The first kappa shape index (κ1) is 31.3. The average Bonchev–Trinajstić information content (AvgIpc) is 3.09. The molecule has 0 heterocycles. The standard InChI is InChI=1S/C43H36O4/c1-28-11-19-32(20-12-28)36-7-5-8-37(33-21-13-29(2)14-22-33)40(36)42(44)46-27-47-43(45)41-38(34-23-15-30(3)16-24-34)9-6-10-39(41)35-25-17-31(4)18-26-35/h5-26H,27H2,1-4H3. The maximum Gasteiger partial charge on any atom is 0.342 e. The van der Waals surface area contributed by atoms with Gasteiger partial charge in [0.2, 0.25) is 6.79 Å². The van der Waals surface area contributed by atoms with E-state index in [1.807, 2.05) is 161 Å². The molecule has 6 aromatic carbocycles. The van der Waals surface area contributed by atoms with Gasteiger partial charge in [0.1, 0.15) is 0 Å². The third-order valence-corrected chi connectivity index (χ3v) is 8.37. The topological polar surface area (TPSA) is 52.6 Å². The van der Waals surface area contributed by atoms with Gasteiger partial charge >= 0.3 is 11.9 Å². The van der Waals surface area contributed by atoms with Gasteiger partial charge in [0, 0.05) is 0 Å². The molecule has 4 nitrogen and oxygen atoms in total. The molecule has 0 saturated carbocycles. The number of ether oxygens (including phenoxy) is 2. The number of hydrogen-bond donors (Lipinski definition) is 0. The maximum atomic E-state index is 13.9. The van der Waals surface area contributed by atoms with E-state index in [1.165, 1.54) is 0 Å². The van der Waals surface area contributed by atoms with E-state index in [0.717, 1.165) is 66.8 Å². The average molecular weight is 617 g/mol. The lowest BCUT2D eigenvalue weighted by atomic mass is 9.91. The van der Waals surface area contributed by atoms with Crippen LogP contribution in [0.15, 0.2) is 133 Å². The first-order chi connectivity index (χ1) is 22.8. The molecule has 4 heteroatoms. The van der Waals surface area contributed by atoms with E-state index in [0.29, 0.717) is 11.1 Å². The number of carbonyl (C=O) groups excluding carboxylic acids is 2. The molecule has 6 aromatic rings. The van der Waals surface area contributed by atoms with Crippen LogP contribution >= 0.6 is 0 Å². The van der Waals surface area contributed by atoms with E-state index in [9.17, 15) is 9.59 Å². The van der Waals surface area contributed by atoms with Gasteiger partial charge in [0.05, 0.1) is 11.1 Å². The lowest BCUT2D eigenvalue weighted by molar-refractivity contribution is -0.0165. The normalized spacial score (nSPS) is 10.8. The summed E-state index contributed by atoms with van der Waals surface area (Å²) < 4.78 is 11.5. The van der Waals surface area contributed by atoms with Crippen LogP contribution in [0.3, 0.4) is 0 Å². The SMILES string of the molecule is Cc1ccc(-c2cccc(-c3ccc(C)cc3)c2C(=O)OCOC(=O)c2c(-c3ccc(C)cc3)cccc2-c2ccc(C)cc2)cc1. The first-order valence-electron chi connectivity index (χ1n) is 15.7. The van der Waals surface area contributed by atoms with E-state index in [-0.39, 0.29) is 0 Å².